The Morgan fingerprint density at radius 1 is 1.21 bits per heavy atom. The molecule has 2 rings (SSSR count). The van der Waals surface area contributed by atoms with Gasteiger partial charge in [-0.3, -0.25) is 0 Å². The summed E-state index contributed by atoms with van der Waals surface area (Å²) in [5.74, 6) is 0. The Bertz CT molecular complexity index is 365. The Balaban J connectivity index is 1.86. The van der Waals surface area contributed by atoms with E-state index in [0.29, 0.717) is 6.04 Å². The molecule has 1 N–H and O–H groups in total. The quantitative estimate of drug-likeness (QED) is 0.842. The predicted octanol–water partition coefficient (Wildman–Crippen LogP) is 3.52. The average Bonchev–Trinajstić information content (AvgIpc) is 2.95. The molecule has 1 aromatic carbocycles. The maximum atomic E-state index is 3.46. The van der Waals surface area contributed by atoms with Crippen molar-refractivity contribution < 1.29 is 0 Å². The third kappa shape index (κ3) is 4.05. The molecule has 1 saturated carbocycles. The van der Waals surface area contributed by atoms with Crippen LogP contribution in [0.5, 0.6) is 0 Å². The highest BCUT2D eigenvalue weighted by Crippen LogP contribution is 2.24. The van der Waals surface area contributed by atoms with Gasteiger partial charge in [0.1, 0.15) is 0 Å². The van der Waals surface area contributed by atoms with Crippen molar-refractivity contribution in [1.29, 1.82) is 0 Å². The Kier molecular flexibility index (Phi) is 5.41. The van der Waals surface area contributed by atoms with Crippen LogP contribution in [-0.4, -0.2) is 31.6 Å². The van der Waals surface area contributed by atoms with Crippen molar-refractivity contribution in [3.63, 3.8) is 0 Å². The van der Waals surface area contributed by atoms with Crippen LogP contribution < -0.4 is 5.32 Å². The van der Waals surface area contributed by atoms with Crippen LogP contribution in [0.2, 0.25) is 0 Å². The molecule has 0 bridgehead atoms. The first-order chi connectivity index (χ1) is 9.20. The van der Waals surface area contributed by atoms with Crippen LogP contribution in [0.4, 0.5) is 0 Å². The van der Waals surface area contributed by atoms with Gasteiger partial charge in [-0.2, -0.15) is 0 Å². The van der Waals surface area contributed by atoms with Gasteiger partial charge in [0.05, 0.1) is 0 Å². The zero-order valence-electron chi connectivity index (χ0n) is 12.7. The van der Waals surface area contributed by atoms with Gasteiger partial charge in [0.25, 0.3) is 0 Å². The molecule has 0 radical (unpaired) electrons. The topological polar surface area (TPSA) is 15.3 Å². The first kappa shape index (κ1) is 14.5. The number of rotatable bonds is 6. The molecule has 106 valence electrons. The second-order valence-electron chi connectivity index (χ2n) is 5.96. The summed E-state index contributed by atoms with van der Waals surface area (Å²) in [6.45, 7) is 3.33. The molecule has 2 nitrogen and oxygen atoms in total. The van der Waals surface area contributed by atoms with E-state index in [2.05, 4.69) is 55.5 Å². The lowest BCUT2D eigenvalue weighted by Gasteiger charge is -2.26. The van der Waals surface area contributed by atoms with E-state index in [0.717, 1.165) is 6.04 Å². The standard InChI is InChI=1S/C17H28N2/c1-14-8-10-15(11-9-14)17(18-2)12-13-19(3)16-6-4-5-7-16/h8-11,16-18H,4-7,12-13H2,1-3H3. The lowest BCUT2D eigenvalue weighted by Crippen LogP contribution is -2.32. The molecule has 0 spiro atoms. The van der Waals surface area contributed by atoms with Gasteiger partial charge in [0.2, 0.25) is 0 Å². The Morgan fingerprint density at radius 2 is 1.84 bits per heavy atom. The monoisotopic (exact) mass is 260 g/mol. The highest BCUT2D eigenvalue weighted by molar-refractivity contribution is 5.24. The molecule has 0 saturated heterocycles. The highest BCUT2D eigenvalue weighted by Gasteiger charge is 2.20. The molecule has 1 aliphatic rings. The van der Waals surface area contributed by atoms with E-state index >= 15 is 0 Å². The fraction of sp³-hybridized carbons (Fsp3) is 0.647. The van der Waals surface area contributed by atoms with Gasteiger partial charge in [-0.15, -0.1) is 0 Å². The van der Waals surface area contributed by atoms with Crippen LogP contribution in [0.1, 0.15) is 49.3 Å². The Morgan fingerprint density at radius 3 is 2.42 bits per heavy atom. The SMILES string of the molecule is CNC(CCN(C)C1CCCC1)c1ccc(C)cc1. The molecule has 0 amide bonds. The molecule has 0 heterocycles. The van der Waals surface area contributed by atoms with Gasteiger partial charge >= 0.3 is 0 Å². The molecule has 0 aliphatic heterocycles. The van der Waals surface area contributed by atoms with Crippen LogP contribution in [0.25, 0.3) is 0 Å². The van der Waals surface area contributed by atoms with Crippen molar-refractivity contribution in [2.24, 2.45) is 0 Å². The van der Waals surface area contributed by atoms with Crippen LogP contribution in [0, 0.1) is 6.92 Å². The van der Waals surface area contributed by atoms with Gasteiger partial charge in [-0.1, -0.05) is 42.7 Å². The maximum absolute atomic E-state index is 3.46. The van der Waals surface area contributed by atoms with Crippen molar-refractivity contribution in [3.05, 3.63) is 35.4 Å². The lowest BCUT2D eigenvalue weighted by atomic mass is 10.0. The Labute approximate surface area is 118 Å². The number of benzene rings is 1. The summed E-state index contributed by atoms with van der Waals surface area (Å²) in [7, 11) is 4.36. The van der Waals surface area contributed by atoms with Crippen LogP contribution in [0.15, 0.2) is 24.3 Å². The van der Waals surface area contributed by atoms with Crippen molar-refractivity contribution in [2.45, 2.75) is 51.1 Å². The van der Waals surface area contributed by atoms with E-state index in [1.165, 1.54) is 49.8 Å². The van der Waals surface area contributed by atoms with E-state index in [9.17, 15) is 0 Å². The minimum atomic E-state index is 0.476. The van der Waals surface area contributed by atoms with Gasteiger partial charge in [0.15, 0.2) is 0 Å². The number of hydrogen-bond donors (Lipinski definition) is 1. The summed E-state index contributed by atoms with van der Waals surface area (Å²) in [5.41, 5.74) is 2.74. The van der Waals surface area contributed by atoms with Gasteiger partial charge < -0.3 is 10.2 Å². The minimum Gasteiger partial charge on any atom is -0.313 e. The summed E-state index contributed by atoms with van der Waals surface area (Å²) < 4.78 is 0. The fourth-order valence-electron chi connectivity index (χ4n) is 3.14. The van der Waals surface area contributed by atoms with Crippen LogP contribution in [-0.2, 0) is 0 Å². The zero-order valence-corrected chi connectivity index (χ0v) is 12.7. The second-order valence-corrected chi connectivity index (χ2v) is 5.96. The van der Waals surface area contributed by atoms with Crippen LogP contribution >= 0.6 is 0 Å². The maximum Gasteiger partial charge on any atom is 0.0329 e. The van der Waals surface area contributed by atoms with Gasteiger partial charge in [-0.25, -0.2) is 0 Å². The van der Waals surface area contributed by atoms with E-state index in [4.69, 9.17) is 0 Å². The largest absolute Gasteiger partial charge is 0.313 e. The van der Waals surface area contributed by atoms with Gasteiger partial charge in [-0.05, 0) is 52.4 Å². The normalized spacial score (nSPS) is 18.1. The first-order valence-electron chi connectivity index (χ1n) is 7.65. The molecule has 1 fully saturated rings. The van der Waals surface area contributed by atoms with E-state index < -0.39 is 0 Å². The molecular formula is C17H28N2. The minimum absolute atomic E-state index is 0.476. The highest BCUT2D eigenvalue weighted by atomic mass is 15.1. The molecule has 1 aliphatic carbocycles. The van der Waals surface area contributed by atoms with E-state index in [1.807, 2.05) is 0 Å². The summed E-state index contributed by atoms with van der Waals surface area (Å²) in [6.07, 6.45) is 6.81. The molecule has 19 heavy (non-hydrogen) atoms. The first-order valence-corrected chi connectivity index (χ1v) is 7.65. The van der Waals surface area contributed by atoms with Crippen molar-refractivity contribution in [3.8, 4) is 0 Å². The molecule has 2 heteroatoms. The predicted molar refractivity (Wildman–Crippen MR) is 82.5 cm³/mol. The number of nitrogens with zero attached hydrogens (tertiary/aromatic N) is 1. The lowest BCUT2D eigenvalue weighted by molar-refractivity contribution is 0.233. The summed E-state index contributed by atoms with van der Waals surface area (Å²) >= 11 is 0. The molecule has 1 atom stereocenters. The second kappa shape index (κ2) is 7.06. The molecule has 1 unspecified atom stereocenters. The third-order valence-electron chi connectivity index (χ3n) is 4.55. The molecule has 0 aromatic heterocycles. The number of nitrogens with one attached hydrogen (secondary N) is 1. The molecular weight excluding hydrogens is 232 g/mol. The van der Waals surface area contributed by atoms with Crippen molar-refractivity contribution in [2.75, 3.05) is 20.6 Å². The van der Waals surface area contributed by atoms with Crippen molar-refractivity contribution in [1.82, 2.24) is 10.2 Å². The number of hydrogen-bond acceptors (Lipinski definition) is 2. The van der Waals surface area contributed by atoms with E-state index in [-0.39, 0.29) is 0 Å². The van der Waals surface area contributed by atoms with Gasteiger partial charge in [0, 0.05) is 12.1 Å². The molecule has 1 aromatic rings. The van der Waals surface area contributed by atoms with Crippen molar-refractivity contribution >= 4 is 0 Å². The summed E-state index contributed by atoms with van der Waals surface area (Å²) in [6, 6.07) is 10.2. The zero-order chi connectivity index (χ0) is 13.7. The smallest absolute Gasteiger partial charge is 0.0329 e. The van der Waals surface area contributed by atoms with E-state index in [1.54, 1.807) is 0 Å². The third-order valence-corrected chi connectivity index (χ3v) is 4.55. The Hall–Kier alpha value is -0.860. The summed E-state index contributed by atoms with van der Waals surface area (Å²) in [5, 5.41) is 3.46. The van der Waals surface area contributed by atoms with Crippen LogP contribution in [0.3, 0.4) is 0 Å². The number of aryl methyl sites for hydroxylation is 1. The fourth-order valence-corrected chi connectivity index (χ4v) is 3.14. The average molecular weight is 260 g/mol. The summed E-state index contributed by atoms with van der Waals surface area (Å²) in [4.78, 5) is 2.56.